The monoisotopic (exact) mass is 408 g/mol. The maximum Gasteiger partial charge on any atom is 0.231 e. The zero-order valence-electron chi connectivity index (χ0n) is 16.7. The fourth-order valence-electron chi connectivity index (χ4n) is 3.18. The Hall–Kier alpha value is -3.37. The zero-order valence-corrected chi connectivity index (χ0v) is 16.7. The van der Waals surface area contributed by atoms with Crippen LogP contribution in [0.25, 0.3) is 0 Å². The molecule has 2 aromatic heterocycles. The Morgan fingerprint density at radius 2 is 1.57 bits per heavy atom. The third-order valence-corrected chi connectivity index (χ3v) is 4.90. The van der Waals surface area contributed by atoms with E-state index in [0.29, 0.717) is 17.5 Å². The van der Waals surface area contributed by atoms with E-state index in [1.165, 1.54) is 6.33 Å². The summed E-state index contributed by atoms with van der Waals surface area (Å²) in [6.45, 7) is 4.75. The van der Waals surface area contributed by atoms with Gasteiger partial charge in [-0.2, -0.15) is 4.98 Å². The molecule has 1 aliphatic heterocycles. The Bertz CT molecular complexity index is 959. The number of nitrogens with one attached hydrogen (secondary N) is 1. The largest absolute Gasteiger partial charge is 0.393 e. The number of anilines is 4. The SMILES string of the molecule is Cc1cnc(N2CCN(c3ncnc(Nc4ccc([C@@H](O)CO)cc4)n3)CC2)nc1. The third kappa shape index (κ3) is 4.61. The van der Waals surface area contributed by atoms with Gasteiger partial charge in [0.25, 0.3) is 0 Å². The zero-order chi connectivity index (χ0) is 20.9. The van der Waals surface area contributed by atoms with E-state index in [4.69, 9.17) is 5.11 Å². The summed E-state index contributed by atoms with van der Waals surface area (Å²) in [4.78, 5) is 26.1. The molecule has 0 aliphatic carbocycles. The Balaban J connectivity index is 1.38. The molecular formula is C20H24N8O2. The smallest absolute Gasteiger partial charge is 0.231 e. The van der Waals surface area contributed by atoms with E-state index in [1.807, 2.05) is 19.3 Å². The summed E-state index contributed by atoms with van der Waals surface area (Å²) in [5.41, 5.74) is 2.47. The number of hydrogen-bond acceptors (Lipinski definition) is 10. The van der Waals surface area contributed by atoms with Gasteiger partial charge in [0.2, 0.25) is 17.8 Å². The molecule has 1 aromatic carbocycles. The van der Waals surface area contributed by atoms with Crippen LogP contribution in [0, 0.1) is 6.92 Å². The van der Waals surface area contributed by atoms with Crippen molar-refractivity contribution >= 4 is 23.5 Å². The minimum absolute atomic E-state index is 0.313. The second-order valence-electron chi connectivity index (χ2n) is 7.09. The van der Waals surface area contributed by atoms with E-state index >= 15 is 0 Å². The van der Waals surface area contributed by atoms with Crippen molar-refractivity contribution in [3.8, 4) is 0 Å². The second kappa shape index (κ2) is 8.97. The van der Waals surface area contributed by atoms with Crippen LogP contribution < -0.4 is 15.1 Å². The number of aromatic nitrogens is 5. The lowest BCUT2D eigenvalue weighted by Crippen LogP contribution is -2.47. The van der Waals surface area contributed by atoms with Gasteiger partial charge in [-0.3, -0.25) is 0 Å². The first-order valence-electron chi connectivity index (χ1n) is 9.76. The number of rotatable bonds is 6. The molecule has 1 atom stereocenters. The first-order valence-corrected chi connectivity index (χ1v) is 9.76. The number of aliphatic hydroxyl groups is 2. The molecule has 3 aromatic rings. The minimum atomic E-state index is -0.883. The van der Waals surface area contributed by atoms with Crippen LogP contribution >= 0.6 is 0 Å². The fourth-order valence-corrected chi connectivity index (χ4v) is 3.18. The fraction of sp³-hybridized carbons (Fsp3) is 0.350. The van der Waals surface area contributed by atoms with Gasteiger partial charge in [0.15, 0.2) is 0 Å². The van der Waals surface area contributed by atoms with Gasteiger partial charge >= 0.3 is 0 Å². The Morgan fingerprint density at radius 1 is 0.933 bits per heavy atom. The Morgan fingerprint density at radius 3 is 2.20 bits per heavy atom. The molecule has 10 nitrogen and oxygen atoms in total. The average molecular weight is 408 g/mol. The lowest BCUT2D eigenvalue weighted by molar-refractivity contribution is 0.0956. The second-order valence-corrected chi connectivity index (χ2v) is 7.09. The highest BCUT2D eigenvalue weighted by atomic mass is 16.3. The number of aliphatic hydroxyl groups excluding tert-OH is 2. The van der Waals surface area contributed by atoms with Gasteiger partial charge in [-0.15, -0.1) is 0 Å². The number of hydrogen-bond donors (Lipinski definition) is 3. The number of piperazine rings is 1. The predicted molar refractivity (Wildman–Crippen MR) is 113 cm³/mol. The molecule has 3 heterocycles. The van der Waals surface area contributed by atoms with Crippen molar-refractivity contribution in [2.75, 3.05) is 47.9 Å². The molecule has 0 amide bonds. The minimum Gasteiger partial charge on any atom is -0.393 e. The number of benzene rings is 1. The average Bonchev–Trinajstić information content (AvgIpc) is 2.80. The summed E-state index contributed by atoms with van der Waals surface area (Å²) in [6, 6.07) is 7.10. The van der Waals surface area contributed by atoms with Gasteiger partial charge in [0.1, 0.15) is 12.4 Å². The van der Waals surface area contributed by atoms with Crippen molar-refractivity contribution in [3.63, 3.8) is 0 Å². The quantitative estimate of drug-likeness (QED) is 0.545. The summed E-state index contributed by atoms with van der Waals surface area (Å²) < 4.78 is 0. The van der Waals surface area contributed by atoms with Crippen LogP contribution in [0.3, 0.4) is 0 Å². The van der Waals surface area contributed by atoms with E-state index < -0.39 is 6.10 Å². The number of aryl methyl sites for hydroxylation is 1. The molecule has 10 heteroatoms. The molecule has 0 spiro atoms. The molecule has 0 saturated carbocycles. The van der Waals surface area contributed by atoms with E-state index in [-0.39, 0.29) is 6.61 Å². The van der Waals surface area contributed by atoms with Crippen molar-refractivity contribution in [1.82, 2.24) is 24.9 Å². The lowest BCUT2D eigenvalue weighted by atomic mass is 10.1. The highest BCUT2D eigenvalue weighted by Crippen LogP contribution is 2.20. The first-order chi connectivity index (χ1) is 14.6. The van der Waals surface area contributed by atoms with Gasteiger partial charge in [-0.05, 0) is 30.2 Å². The predicted octanol–water partition coefficient (Wildman–Crippen LogP) is 1.07. The van der Waals surface area contributed by atoms with E-state index in [2.05, 4.69) is 40.0 Å². The lowest BCUT2D eigenvalue weighted by Gasteiger charge is -2.34. The highest BCUT2D eigenvalue weighted by molar-refractivity contribution is 5.54. The van der Waals surface area contributed by atoms with Gasteiger partial charge in [-0.25, -0.2) is 19.9 Å². The summed E-state index contributed by atoms with van der Waals surface area (Å²) in [7, 11) is 0. The summed E-state index contributed by atoms with van der Waals surface area (Å²) in [5.74, 6) is 1.80. The van der Waals surface area contributed by atoms with E-state index in [9.17, 15) is 5.11 Å². The number of nitrogens with zero attached hydrogens (tertiary/aromatic N) is 7. The molecule has 1 aliphatic rings. The van der Waals surface area contributed by atoms with Crippen LogP contribution in [-0.4, -0.2) is 67.9 Å². The molecule has 156 valence electrons. The van der Waals surface area contributed by atoms with Gasteiger partial charge in [0, 0.05) is 44.3 Å². The summed E-state index contributed by atoms with van der Waals surface area (Å²) in [5, 5.41) is 21.8. The maximum atomic E-state index is 9.67. The summed E-state index contributed by atoms with van der Waals surface area (Å²) in [6.07, 6.45) is 4.27. The molecular weight excluding hydrogens is 384 g/mol. The van der Waals surface area contributed by atoms with Gasteiger partial charge in [0.05, 0.1) is 6.61 Å². The van der Waals surface area contributed by atoms with Crippen LogP contribution in [0.5, 0.6) is 0 Å². The third-order valence-electron chi connectivity index (χ3n) is 4.90. The molecule has 0 radical (unpaired) electrons. The van der Waals surface area contributed by atoms with E-state index in [1.54, 1.807) is 24.3 Å². The molecule has 4 rings (SSSR count). The standard InChI is InChI=1S/C20H24N8O2/c1-14-10-21-19(22-11-14)27-6-8-28(9-7-27)20-24-13-23-18(26-20)25-16-4-2-15(3-5-16)17(30)12-29/h2-5,10-11,13,17,29-30H,6-9,12H2,1H3,(H,23,24,25,26)/t17-/m0/s1. The van der Waals surface area contributed by atoms with Crippen LogP contribution in [0.15, 0.2) is 43.0 Å². The van der Waals surface area contributed by atoms with Crippen LogP contribution in [0.2, 0.25) is 0 Å². The van der Waals surface area contributed by atoms with Gasteiger partial charge < -0.3 is 25.3 Å². The van der Waals surface area contributed by atoms with Gasteiger partial charge in [-0.1, -0.05) is 12.1 Å². The highest BCUT2D eigenvalue weighted by Gasteiger charge is 2.21. The Kier molecular flexibility index (Phi) is 5.96. The van der Waals surface area contributed by atoms with Crippen molar-refractivity contribution in [3.05, 3.63) is 54.1 Å². The summed E-state index contributed by atoms with van der Waals surface area (Å²) >= 11 is 0. The van der Waals surface area contributed by atoms with E-state index in [0.717, 1.165) is 43.4 Å². The topological polar surface area (TPSA) is 123 Å². The van der Waals surface area contributed by atoms with Crippen LogP contribution in [0.1, 0.15) is 17.2 Å². The molecule has 3 N–H and O–H groups in total. The Labute approximate surface area is 174 Å². The normalized spacial score (nSPS) is 15.2. The molecule has 1 fully saturated rings. The maximum absolute atomic E-state index is 9.67. The first kappa shape index (κ1) is 19.9. The van der Waals surface area contributed by atoms with Crippen LogP contribution in [-0.2, 0) is 0 Å². The van der Waals surface area contributed by atoms with Crippen molar-refractivity contribution in [1.29, 1.82) is 0 Å². The van der Waals surface area contributed by atoms with Crippen molar-refractivity contribution < 1.29 is 10.2 Å². The molecule has 30 heavy (non-hydrogen) atoms. The molecule has 0 unspecified atom stereocenters. The molecule has 0 bridgehead atoms. The van der Waals surface area contributed by atoms with Crippen molar-refractivity contribution in [2.45, 2.75) is 13.0 Å². The van der Waals surface area contributed by atoms with Crippen LogP contribution in [0.4, 0.5) is 23.5 Å². The van der Waals surface area contributed by atoms with Crippen molar-refractivity contribution in [2.24, 2.45) is 0 Å². The molecule has 1 saturated heterocycles.